The normalized spacial score (nSPS) is 10.6. The molecule has 7 heteroatoms. The van der Waals surface area contributed by atoms with Crippen molar-refractivity contribution in [3.05, 3.63) is 83.9 Å². The summed E-state index contributed by atoms with van der Waals surface area (Å²) in [6.45, 7) is 1.77. The molecular weight excluding hydrogens is 432 g/mol. The van der Waals surface area contributed by atoms with Crippen LogP contribution in [-0.2, 0) is 9.53 Å². The number of aromatic nitrogens is 1. The third-order valence-corrected chi connectivity index (χ3v) is 5.30. The molecule has 0 spiro atoms. The first kappa shape index (κ1) is 22.8. The highest BCUT2D eigenvalue weighted by molar-refractivity contribution is 6.07. The number of para-hydroxylation sites is 1. The Bertz CT molecular complexity index is 1350. The van der Waals surface area contributed by atoms with Crippen LogP contribution in [0.3, 0.4) is 0 Å². The van der Waals surface area contributed by atoms with Gasteiger partial charge in [-0.1, -0.05) is 42.0 Å². The van der Waals surface area contributed by atoms with Gasteiger partial charge in [0.15, 0.2) is 6.61 Å². The van der Waals surface area contributed by atoms with E-state index in [1.165, 1.54) is 14.2 Å². The van der Waals surface area contributed by atoms with Crippen molar-refractivity contribution in [2.45, 2.75) is 6.92 Å². The number of hydrogen-bond donors (Lipinski definition) is 1. The van der Waals surface area contributed by atoms with Crippen molar-refractivity contribution in [3.63, 3.8) is 0 Å². The number of ether oxygens (including phenoxy) is 3. The molecule has 3 aromatic carbocycles. The minimum atomic E-state index is -0.498. The average Bonchev–Trinajstić information content (AvgIpc) is 2.87. The summed E-state index contributed by atoms with van der Waals surface area (Å²) < 4.78 is 15.8. The summed E-state index contributed by atoms with van der Waals surface area (Å²) in [5.41, 5.74) is 4.40. The van der Waals surface area contributed by atoms with Crippen LogP contribution in [0.1, 0.15) is 15.9 Å². The number of hydrogen-bond acceptors (Lipinski definition) is 6. The monoisotopic (exact) mass is 456 g/mol. The van der Waals surface area contributed by atoms with Crippen LogP contribution in [0.2, 0.25) is 0 Å². The van der Waals surface area contributed by atoms with Gasteiger partial charge in [-0.25, -0.2) is 9.78 Å². The van der Waals surface area contributed by atoms with Crippen LogP contribution in [0, 0.1) is 6.92 Å². The zero-order valence-electron chi connectivity index (χ0n) is 19.1. The van der Waals surface area contributed by atoms with E-state index in [0.29, 0.717) is 39.3 Å². The van der Waals surface area contributed by atoms with Crippen LogP contribution in [-0.4, -0.2) is 37.7 Å². The van der Waals surface area contributed by atoms with Crippen LogP contribution in [0.4, 0.5) is 5.69 Å². The van der Waals surface area contributed by atoms with Crippen LogP contribution in [0.25, 0.3) is 22.2 Å². The number of methoxy groups -OCH3 is 2. The van der Waals surface area contributed by atoms with Gasteiger partial charge in [0, 0.05) is 22.7 Å². The predicted octanol–water partition coefficient (Wildman–Crippen LogP) is 5.02. The molecule has 0 aliphatic rings. The number of benzene rings is 3. The standard InChI is InChI=1S/C27H24N2O5/c1-17-8-10-18(11-9-17)23-15-25(34-16-26(30)33-3)21-14-19(12-13-22(21)29-23)28-27(31)20-6-4-5-7-24(20)32-2/h4-15H,16H2,1-3H3,(H,28,31). The lowest BCUT2D eigenvalue weighted by molar-refractivity contribution is -0.142. The van der Waals surface area contributed by atoms with Gasteiger partial charge in [-0.2, -0.15) is 0 Å². The molecule has 0 unspecified atom stereocenters. The topological polar surface area (TPSA) is 86.8 Å². The lowest BCUT2D eigenvalue weighted by atomic mass is 10.1. The fourth-order valence-corrected chi connectivity index (χ4v) is 3.49. The summed E-state index contributed by atoms with van der Waals surface area (Å²) >= 11 is 0. The lowest BCUT2D eigenvalue weighted by Crippen LogP contribution is -2.14. The number of nitrogens with zero attached hydrogens (tertiary/aromatic N) is 1. The number of rotatable bonds is 7. The van der Waals surface area contributed by atoms with Gasteiger partial charge in [0.05, 0.1) is 31.0 Å². The number of esters is 1. The molecule has 1 heterocycles. The van der Waals surface area contributed by atoms with E-state index in [4.69, 9.17) is 19.2 Å². The fourth-order valence-electron chi connectivity index (χ4n) is 3.49. The van der Waals surface area contributed by atoms with E-state index in [2.05, 4.69) is 5.32 Å². The maximum Gasteiger partial charge on any atom is 0.343 e. The molecule has 172 valence electrons. The first-order valence-electron chi connectivity index (χ1n) is 10.6. The zero-order chi connectivity index (χ0) is 24.1. The summed E-state index contributed by atoms with van der Waals surface area (Å²) in [6.07, 6.45) is 0. The molecule has 7 nitrogen and oxygen atoms in total. The Morgan fingerprint density at radius 1 is 0.912 bits per heavy atom. The summed E-state index contributed by atoms with van der Waals surface area (Å²) in [7, 11) is 2.82. The van der Waals surface area contributed by atoms with Gasteiger partial charge in [0.2, 0.25) is 0 Å². The summed E-state index contributed by atoms with van der Waals surface area (Å²) in [5, 5.41) is 3.54. The van der Waals surface area contributed by atoms with Gasteiger partial charge in [-0.05, 0) is 37.3 Å². The van der Waals surface area contributed by atoms with E-state index < -0.39 is 5.97 Å². The Morgan fingerprint density at radius 3 is 2.41 bits per heavy atom. The minimum Gasteiger partial charge on any atom is -0.496 e. The molecule has 0 saturated carbocycles. The molecule has 0 saturated heterocycles. The first-order valence-corrected chi connectivity index (χ1v) is 10.6. The van der Waals surface area contributed by atoms with Gasteiger partial charge in [-0.3, -0.25) is 4.79 Å². The second kappa shape index (κ2) is 10.0. The van der Waals surface area contributed by atoms with E-state index in [9.17, 15) is 9.59 Å². The van der Waals surface area contributed by atoms with Gasteiger partial charge >= 0.3 is 5.97 Å². The Kier molecular flexibility index (Phi) is 6.73. The zero-order valence-corrected chi connectivity index (χ0v) is 19.1. The van der Waals surface area contributed by atoms with E-state index in [1.54, 1.807) is 48.5 Å². The highest BCUT2D eigenvalue weighted by Crippen LogP contribution is 2.32. The molecule has 4 aromatic rings. The maximum absolute atomic E-state index is 12.8. The molecule has 0 aliphatic heterocycles. The van der Waals surface area contributed by atoms with Gasteiger partial charge in [-0.15, -0.1) is 0 Å². The molecule has 0 atom stereocenters. The van der Waals surface area contributed by atoms with Crippen molar-refractivity contribution in [1.82, 2.24) is 4.98 Å². The fraction of sp³-hybridized carbons (Fsp3) is 0.148. The molecule has 1 N–H and O–H groups in total. The van der Waals surface area contributed by atoms with Crippen LogP contribution in [0.15, 0.2) is 72.8 Å². The predicted molar refractivity (Wildman–Crippen MR) is 130 cm³/mol. The second-order valence-electron chi connectivity index (χ2n) is 7.62. The molecule has 34 heavy (non-hydrogen) atoms. The number of nitrogens with one attached hydrogen (secondary N) is 1. The van der Waals surface area contributed by atoms with Crippen LogP contribution in [0.5, 0.6) is 11.5 Å². The SMILES string of the molecule is COC(=O)COc1cc(-c2ccc(C)cc2)nc2ccc(NC(=O)c3ccccc3OC)cc12. The number of aryl methyl sites for hydroxylation is 1. The molecule has 0 aliphatic carbocycles. The Labute approximate surface area is 197 Å². The number of pyridine rings is 1. The molecule has 0 bridgehead atoms. The second-order valence-corrected chi connectivity index (χ2v) is 7.62. The van der Waals surface area contributed by atoms with Crippen molar-refractivity contribution >= 4 is 28.5 Å². The summed E-state index contributed by atoms with van der Waals surface area (Å²) in [6, 6.07) is 22.1. The van der Waals surface area contributed by atoms with E-state index >= 15 is 0 Å². The first-order chi connectivity index (χ1) is 16.5. The highest BCUT2D eigenvalue weighted by atomic mass is 16.6. The quantitative estimate of drug-likeness (QED) is 0.393. The van der Waals surface area contributed by atoms with Crippen LogP contribution >= 0.6 is 0 Å². The molecule has 0 radical (unpaired) electrons. The van der Waals surface area contributed by atoms with Crippen molar-refractivity contribution < 1.29 is 23.8 Å². The lowest BCUT2D eigenvalue weighted by Gasteiger charge is -2.13. The van der Waals surface area contributed by atoms with Crippen molar-refractivity contribution in [2.24, 2.45) is 0 Å². The number of carbonyl (C=O) groups is 2. The molecule has 4 rings (SSSR count). The molecule has 0 fully saturated rings. The maximum atomic E-state index is 12.8. The van der Waals surface area contributed by atoms with Crippen molar-refractivity contribution in [1.29, 1.82) is 0 Å². The Hall–Kier alpha value is -4.39. The molecule has 1 aromatic heterocycles. The minimum absolute atomic E-state index is 0.249. The third kappa shape index (κ3) is 4.99. The Morgan fingerprint density at radius 2 is 1.68 bits per heavy atom. The number of amides is 1. The molecular formula is C27H24N2O5. The Balaban J connectivity index is 1.72. The number of fused-ring (bicyclic) bond motifs is 1. The summed E-state index contributed by atoms with van der Waals surface area (Å²) in [4.78, 5) is 29.3. The van der Waals surface area contributed by atoms with Gasteiger partial charge in [0.25, 0.3) is 5.91 Å². The van der Waals surface area contributed by atoms with Gasteiger partial charge in [0.1, 0.15) is 11.5 Å². The van der Waals surface area contributed by atoms with E-state index in [0.717, 1.165) is 11.1 Å². The van der Waals surface area contributed by atoms with E-state index in [1.807, 2.05) is 31.2 Å². The number of anilines is 1. The smallest absolute Gasteiger partial charge is 0.343 e. The highest BCUT2D eigenvalue weighted by Gasteiger charge is 2.15. The van der Waals surface area contributed by atoms with Crippen LogP contribution < -0.4 is 14.8 Å². The number of carbonyl (C=O) groups excluding carboxylic acids is 2. The summed E-state index contributed by atoms with van der Waals surface area (Å²) in [5.74, 6) is 0.132. The van der Waals surface area contributed by atoms with Gasteiger partial charge < -0.3 is 19.5 Å². The average molecular weight is 456 g/mol. The molecule has 1 amide bonds. The largest absolute Gasteiger partial charge is 0.496 e. The van der Waals surface area contributed by atoms with E-state index in [-0.39, 0.29) is 12.5 Å². The third-order valence-electron chi connectivity index (χ3n) is 5.30. The van der Waals surface area contributed by atoms with Crippen molar-refractivity contribution in [2.75, 3.05) is 26.1 Å². The van der Waals surface area contributed by atoms with Crippen molar-refractivity contribution in [3.8, 4) is 22.8 Å².